The summed E-state index contributed by atoms with van der Waals surface area (Å²) in [5.41, 5.74) is 7.97. The lowest BCUT2D eigenvalue weighted by molar-refractivity contribution is 0.717. The van der Waals surface area contributed by atoms with Crippen LogP contribution < -0.4 is 5.73 Å². The van der Waals surface area contributed by atoms with Crippen LogP contribution in [0.3, 0.4) is 0 Å². The third-order valence-electron chi connectivity index (χ3n) is 3.33. The maximum Gasteiger partial charge on any atom is 0.223 e. The van der Waals surface area contributed by atoms with E-state index in [1.165, 1.54) is 5.56 Å². The molecule has 4 nitrogen and oxygen atoms in total. The van der Waals surface area contributed by atoms with Crippen molar-refractivity contribution in [1.82, 2.24) is 14.8 Å². The third-order valence-corrected chi connectivity index (χ3v) is 5.08. The highest BCUT2D eigenvalue weighted by atomic mass is 35.5. The molecule has 0 fully saturated rings. The van der Waals surface area contributed by atoms with E-state index in [9.17, 15) is 0 Å². The minimum absolute atomic E-state index is 0.344. The van der Waals surface area contributed by atoms with E-state index in [2.05, 4.69) is 22.3 Å². The monoisotopic (exact) mass is 364 g/mol. The molecule has 0 amide bonds. The van der Waals surface area contributed by atoms with Gasteiger partial charge in [0.15, 0.2) is 5.16 Å². The molecular formula is C16H14Cl2N4S. The SMILES string of the molecule is Nc1nnc(SCc2ccccc2)n1Cc1c(Cl)cccc1Cl. The molecule has 0 spiro atoms. The molecule has 2 aromatic carbocycles. The summed E-state index contributed by atoms with van der Waals surface area (Å²) in [6.07, 6.45) is 0. The first-order valence-corrected chi connectivity index (χ1v) is 8.67. The molecule has 1 heterocycles. The fourth-order valence-corrected chi connectivity index (χ4v) is 3.54. The molecule has 0 bridgehead atoms. The minimum atomic E-state index is 0.344. The van der Waals surface area contributed by atoms with Gasteiger partial charge in [-0.1, -0.05) is 71.4 Å². The summed E-state index contributed by atoms with van der Waals surface area (Å²) < 4.78 is 1.82. The Labute approximate surface area is 148 Å². The van der Waals surface area contributed by atoms with E-state index in [1.54, 1.807) is 23.9 Å². The average Bonchev–Trinajstić information content (AvgIpc) is 2.90. The van der Waals surface area contributed by atoms with Crippen LogP contribution in [0.1, 0.15) is 11.1 Å². The van der Waals surface area contributed by atoms with E-state index >= 15 is 0 Å². The van der Waals surface area contributed by atoms with Crippen LogP contribution in [-0.4, -0.2) is 14.8 Å². The van der Waals surface area contributed by atoms with Crippen LogP contribution in [0, 0.1) is 0 Å². The van der Waals surface area contributed by atoms with Crippen molar-refractivity contribution in [2.45, 2.75) is 17.5 Å². The summed E-state index contributed by atoms with van der Waals surface area (Å²) in [4.78, 5) is 0. The molecule has 3 aromatic rings. The Kier molecular flexibility index (Phi) is 5.10. The maximum absolute atomic E-state index is 6.24. The van der Waals surface area contributed by atoms with Gasteiger partial charge in [-0.3, -0.25) is 4.57 Å². The molecular weight excluding hydrogens is 351 g/mol. The van der Waals surface area contributed by atoms with Crippen molar-refractivity contribution in [2.75, 3.05) is 5.73 Å². The Morgan fingerprint density at radius 1 is 0.957 bits per heavy atom. The van der Waals surface area contributed by atoms with Crippen LogP contribution in [-0.2, 0) is 12.3 Å². The molecule has 7 heteroatoms. The second-order valence-corrected chi connectivity index (χ2v) is 6.66. The molecule has 0 aliphatic heterocycles. The summed E-state index contributed by atoms with van der Waals surface area (Å²) in [5, 5.41) is 10.1. The van der Waals surface area contributed by atoms with Gasteiger partial charge in [0.05, 0.1) is 6.54 Å². The first-order chi connectivity index (χ1) is 11.1. The van der Waals surface area contributed by atoms with Gasteiger partial charge in [-0.2, -0.15) is 0 Å². The van der Waals surface area contributed by atoms with Crippen LogP contribution in [0.2, 0.25) is 10.0 Å². The summed E-state index contributed by atoms with van der Waals surface area (Å²) in [6.45, 7) is 0.439. The topological polar surface area (TPSA) is 56.7 Å². The number of thioether (sulfide) groups is 1. The van der Waals surface area contributed by atoms with E-state index in [0.717, 1.165) is 16.5 Å². The number of aromatic nitrogens is 3. The van der Waals surface area contributed by atoms with Crippen molar-refractivity contribution < 1.29 is 0 Å². The van der Waals surface area contributed by atoms with E-state index in [0.29, 0.717) is 22.5 Å². The number of halogens is 2. The number of benzene rings is 2. The highest BCUT2D eigenvalue weighted by Gasteiger charge is 2.14. The van der Waals surface area contributed by atoms with Gasteiger partial charge in [-0.05, 0) is 17.7 Å². The predicted octanol–water partition coefficient (Wildman–Crippen LogP) is 4.51. The molecule has 0 saturated carbocycles. The van der Waals surface area contributed by atoms with E-state index in [-0.39, 0.29) is 0 Å². The molecule has 0 radical (unpaired) electrons. The zero-order chi connectivity index (χ0) is 16.2. The largest absolute Gasteiger partial charge is 0.368 e. The molecule has 0 aliphatic rings. The van der Waals surface area contributed by atoms with Gasteiger partial charge >= 0.3 is 0 Å². The van der Waals surface area contributed by atoms with Gasteiger partial charge in [0, 0.05) is 21.4 Å². The first kappa shape index (κ1) is 16.2. The van der Waals surface area contributed by atoms with Crippen LogP contribution in [0.25, 0.3) is 0 Å². The normalized spacial score (nSPS) is 10.9. The van der Waals surface area contributed by atoms with E-state index in [1.807, 2.05) is 28.8 Å². The number of anilines is 1. The lowest BCUT2D eigenvalue weighted by Gasteiger charge is -2.11. The molecule has 1 aromatic heterocycles. The number of nitrogen functional groups attached to an aromatic ring is 1. The Morgan fingerprint density at radius 2 is 1.65 bits per heavy atom. The van der Waals surface area contributed by atoms with Crippen molar-refractivity contribution in [3.8, 4) is 0 Å². The fraction of sp³-hybridized carbons (Fsp3) is 0.125. The first-order valence-electron chi connectivity index (χ1n) is 6.93. The number of nitrogens with zero attached hydrogens (tertiary/aromatic N) is 3. The van der Waals surface area contributed by atoms with Crippen LogP contribution >= 0.6 is 35.0 Å². The van der Waals surface area contributed by atoms with Gasteiger partial charge in [-0.15, -0.1) is 10.2 Å². The standard InChI is InChI=1S/C16H14Cl2N4S/c17-13-7-4-8-14(18)12(13)9-22-15(19)20-21-16(22)23-10-11-5-2-1-3-6-11/h1-8H,9-10H2,(H2,19,20). The third kappa shape index (κ3) is 3.80. The molecule has 0 saturated heterocycles. The Balaban J connectivity index is 1.82. The summed E-state index contributed by atoms with van der Waals surface area (Å²) in [6, 6.07) is 15.6. The minimum Gasteiger partial charge on any atom is -0.368 e. The molecule has 0 atom stereocenters. The molecule has 23 heavy (non-hydrogen) atoms. The smallest absolute Gasteiger partial charge is 0.223 e. The lowest BCUT2D eigenvalue weighted by atomic mass is 10.2. The summed E-state index contributed by atoms with van der Waals surface area (Å²) >= 11 is 14.1. The van der Waals surface area contributed by atoms with Gasteiger partial charge in [0.25, 0.3) is 0 Å². The second kappa shape index (κ2) is 7.25. The van der Waals surface area contributed by atoms with Crippen LogP contribution in [0.15, 0.2) is 53.7 Å². The van der Waals surface area contributed by atoms with Crippen LogP contribution in [0.5, 0.6) is 0 Å². The quantitative estimate of drug-likeness (QED) is 0.676. The molecule has 0 aliphatic carbocycles. The van der Waals surface area contributed by atoms with Gasteiger partial charge in [0.2, 0.25) is 5.95 Å². The van der Waals surface area contributed by atoms with Gasteiger partial charge in [0.1, 0.15) is 0 Å². The summed E-state index contributed by atoms with van der Waals surface area (Å²) in [7, 11) is 0. The van der Waals surface area contributed by atoms with E-state index in [4.69, 9.17) is 28.9 Å². The van der Waals surface area contributed by atoms with Crippen molar-refractivity contribution in [3.63, 3.8) is 0 Å². The molecule has 118 valence electrons. The maximum atomic E-state index is 6.24. The highest BCUT2D eigenvalue weighted by Crippen LogP contribution is 2.29. The average molecular weight is 365 g/mol. The summed E-state index contributed by atoms with van der Waals surface area (Å²) in [5.74, 6) is 1.13. The molecule has 3 rings (SSSR count). The molecule has 0 unspecified atom stereocenters. The second-order valence-electron chi connectivity index (χ2n) is 4.90. The number of hydrogen-bond acceptors (Lipinski definition) is 4. The lowest BCUT2D eigenvalue weighted by Crippen LogP contribution is -2.07. The Bertz CT molecular complexity index is 785. The number of nitrogens with two attached hydrogens (primary N) is 1. The van der Waals surface area contributed by atoms with Crippen molar-refractivity contribution >= 4 is 40.9 Å². The van der Waals surface area contributed by atoms with Crippen molar-refractivity contribution in [2.24, 2.45) is 0 Å². The van der Waals surface area contributed by atoms with Crippen molar-refractivity contribution in [3.05, 3.63) is 69.7 Å². The van der Waals surface area contributed by atoms with Gasteiger partial charge < -0.3 is 5.73 Å². The Morgan fingerprint density at radius 3 is 2.35 bits per heavy atom. The van der Waals surface area contributed by atoms with Crippen molar-refractivity contribution in [1.29, 1.82) is 0 Å². The highest BCUT2D eigenvalue weighted by molar-refractivity contribution is 7.98. The zero-order valence-electron chi connectivity index (χ0n) is 12.1. The fourth-order valence-electron chi connectivity index (χ4n) is 2.12. The Hall–Kier alpha value is -1.69. The zero-order valence-corrected chi connectivity index (χ0v) is 14.4. The molecule has 2 N–H and O–H groups in total. The van der Waals surface area contributed by atoms with Gasteiger partial charge in [-0.25, -0.2) is 0 Å². The number of hydrogen-bond donors (Lipinski definition) is 1. The van der Waals surface area contributed by atoms with E-state index < -0.39 is 0 Å². The van der Waals surface area contributed by atoms with Crippen LogP contribution in [0.4, 0.5) is 5.95 Å². The number of rotatable bonds is 5. The predicted molar refractivity (Wildman–Crippen MR) is 96.0 cm³/mol.